The first kappa shape index (κ1) is 22.2. The van der Waals surface area contributed by atoms with E-state index in [9.17, 15) is 18.9 Å². The third-order valence-corrected chi connectivity index (χ3v) is 4.02. The molecule has 0 heterocycles. The van der Waals surface area contributed by atoms with Crippen molar-refractivity contribution in [2.45, 2.75) is 13.2 Å². The van der Waals surface area contributed by atoms with Crippen molar-refractivity contribution >= 4 is 5.69 Å². The zero-order valence-electron chi connectivity index (χ0n) is 16.3. The number of benzene rings is 2. The summed E-state index contributed by atoms with van der Waals surface area (Å²) in [4.78, 5) is 12.5. The van der Waals surface area contributed by atoms with Gasteiger partial charge in [0.2, 0.25) is 0 Å². The van der Waals surface area contributed by atoms with E-state index in [2.05, 4.69) is 4.74 Å². The van der Waals surface area contributed by atoms with Crippen LogP contribution in [0.25, 0.3) is 0 Å². The first-order chi connectivity index (χ1) is 13.8. The summed E-state index contributed by atoms with van der Waals surface area (Å²) in [6.07, 6.45) is 0. The standard InChI is InChI=1S/C19H22F2N2O6/c1-22(8-9-28-16-7-5-4-6-15(16)26-2)12-13-10-17(27-3)18(29-19(20)21)11-14(13)23(24)25/h4-7,10-11,19H,8-9,12H2,1-3H3. The molecule has 0 spiro atoms. The Morgan fingerprint density at radius 1 is 1.07 bits per heavy atom. The summed E-state index contributed by atoms with van der Waals surface area (Å²) in [5.41, 5.74) is -0.0350. The topological polar surface area (TPSA) is 83.3 Å². The first-order valence-electron chi connectivity index (χ1n) is 8.60. The van der Waals surface area contributed by atoms with Crippen LogP contribution in [0.3, 0.4) is 0 Å². The van der Waals surface area contributed by atoms with Crippen LogP contribution < -0.4 is 18.9 Å². The smallest absolute Gasteiger partial charge is 0.387 e. The Morgan fingerprint density at radius 3 is 2.31 bits per heavy atom. The number of hydrogen-bond donors (Lipinski definition) is 0. The minimum atomic E-state index is -3.12. The van der Waals surface area contributed by atoms with E-state index in [0.29, 0.717) is 30.2 Å². The zero-order chi connectivity index (χ0) is 21.4. The van der Waals surface area contributed by atoms with Crippen LogP contribution in [0.2, 0.25) is 0 Å². The van der Waals surface area contributed by atoms with Crippen molar-refractivity contribution in [3.63, 3.8) is 0 Å². The normalized spacial score (nSPS) is 10.9. The molecule has 0 radical (unpaired) electrons. The van der Waals surface area contributed by atoms with Gasteiger partial charge in [0.25, 0.3) is 5.69 Å². The van der Waals surface area contributed by atoms with Crippen molar-refractivity contribution in [1.82, 2.24) is 4.90 Å². The maximum absolute atomic E-state index is 12.5. The van der Waals surface area contributed by atoms with E-state index in [1.807, 2.05) is 12.1 Å². The molecular weight excluding hydrogens is 390 g/mol. The van der Waals surface area contributed by atoms with E-state index in [1.54, 1.807) is 31.2 Å². The maximum atomic E-state index is 12.5. The molecule has 0 saturated heterocycles. The van der Waals surface area contributed by atoms with Crippen LogP contribution in [0.15, 0.2) is 36.4 Å². The van der Waals surface area contributed by atoms with Crippen LogP contribution >= 0.6 is 0 Å². The van der Waals surface area contributed by atoms with E-state index in [4.69, 9.17) is 14.2 Å². The molecule has 2 aromatic rings. The average molecular weight is 412 g/mol. The molecule has 158 valence electrons. The van der Waals surface area contributed by atoms with Gasteiger partial charge >= 0.3 is 6.61 Å². The van der Waals surface area contributed by atoms with E-state index in [0.717, 1.165) is 6.07 Å². The zero-order valence-corrected chi connectivity index (χ0v) is 16.3. The van der Waals surface area contributed by atoms with Gasteiger partial charge in [-0.1, -0.05) is 12.1 Å². The lowest BCUT2D eigenvalue weighted by molar-refractivity contribution is -0.385. The first-order valence-corrected chi connectivity index (χ1v) is 8.60. The monoisotopic (exact) mass is 412 g/mol. The summed E-state index contributed by atoms with van der Waals surface area (Å²) in [6.45, 7) is -2.18. The SMILES string of the molecule is COc1ccccc1OCCN(C)Cc1cc(OC)c(OC(F)F)cc1[N+](=O)[O-]. The molecule has 0 aromatic heterocycles. The summed E-state index contributed by atoms with van der Waals surface area (Å²) >= 11 is 0. The van der Waals surface area contributed by atoms with Crippen molar-refractivity contribution in [2.24, 2.45) is 0 Å². The predicted octanol–water partition coefficient (Wildman–Crippen LogP) is 3.72. The molecule has 0 aliphatic heterocycles. The highest BCUT2D eigenvalue weighted by molar-refractivity contribution is 5.54. The molecule has 0 saturated carbocycles. The summed E-state index contributed by atoms with van der Waals surface area (Å²) in [5.74, 6) is 0.791. The Morgan fingerprint density at radius 2 is 1.72 bits per heavy atom. The van der Waals surface area contributed by atoms with Crippen LogP contribution in [-0.2, 0) is 6.54 Å². The number of rotatable bonds is 11. The van der Waals surface area contributed by atoms with Crippen LogP contribution in [0.4, 0.5) is 14.5 Å². The van der Waals surface area contributed by atoms with Crippen LogP contribution in [-0.4, -0.2) is 50.9 Å². The Balaban J connectivity index is 2.08. The van der Waals surface area contributed by atoms with E-state index >= 15 is 0 Å². The van der Waals surface area contributed by atoms with Gasteiger partial charge in [0, 0.05) is 18.7 Å². The number of nitrogens with zero attached hydrogens (tertiary/aromatic N) is 2. The van der Waals surface area contributed by atoms with Gasteiger partial charge in [-0.3, -0.25) is 15.0 Å². The van der Waals surface area contributed by atoms with Gasteiger partial charge in [0.1, 0.15) is 6.61 Å². The Kier molecular flexibility index (Phi) is 7.96. The lowest BCUT2D eigenvalue weighted by Gasteiger charge is -2.19. The van der Waals surface area contributed by atoms with Gasteiger partial charge in [-0.15, -0.1) is 0 Å². The fourth-order valence-corrected chi connectivity index (χ4v) is 2.65. The number of nitro groups is 1. The number of nitro benzene ring substituents is 1. The molecule has 29 heavy (non-hydrogen) atoms. The lowest BCUT2D eigenvalue weighted by atomic mass is 10.1. The fourth-order valence-electron chi connectivity index (χ4n) is 2.65. The third kappa shape index (κ3) is 6.18. The molecule has 0 amide bonds. The highest BCUT2D eigenvalue weighted by Crippen LogP contribution is 2.36. The second-order valence-electron chi connectivity index (χ2n) is 6.00. The Labute approximate surface area is 166 Å². The van der Waals surface area contributed by atoms with E-state index < -0.39 is 11.5 Å². The van der Waals surface area contributed by atoms with Gasteiger partial charge in [0.15, 0.2) is 23.0 Å². The molecule has 0 unspecified atom stereocenters. The molecule has 0 fully saturated rings. The minimum absolute atomic E-state index is 0.00966. The van der Waals surface area contributed by atoms with E-state index in [1.165, 1.54) is 13.2 Å². The molecule has 10 heteroatoms. The number of hydrogen-bond acceptors (Lipinski definition) is 7. The van der Waals surface area contributed by atoms with Crippen molar-refractivity contribution in [3.05, 3.63) is 52.1 Å². The number of para-hydroxylation sites is 2. The Hall–Kier alpha value is -3.14. The quantitative estimate of drug-likeness (QED) is 0.411. The molecule has 8 nitrogen and oxygen atoms in total. The van der Waals surface area contributed by atoms with Gasteiger partial charge in [-0.05, 0) is 25.2 Å². The number of ether oxygens (including phenoxy) is 4. The molecule has 0 N–H and O–H groups in total. The second-order valence-corrected chi connectivity index (χ2v) is 6.00. The van der Waals surface area contributed by atoms with Crippen molar-refractivity contribution in [2.75, 3.05) is 34.4 Å². The van der Waals surface area contributed by atoms with Crippen molar-refractivity contribution in [3.8, 4) is 23.0 Å². The fraction of sp³-hybridized carbons (Fsp3) is 0.368. The van der Waals surface area contributed by atoms with Gasteiger partial charge in [-0.2, -0.15) is 8.78 Å². The molecular formula is C19H22F2N2O6. The number of methoxy groups -OCH3 is 2. The van der Waals surface area contributed by atoms with Crippen LogP contribution in [0.5, 0.6) is 23.0 Å². The molecule has 2 rings (SSSR count). The third-order valence-electron chi connectivity index (χ3n) is 4.02. The maximum Gasteiger partial charge on any atom is 0.387 e. The minimum Gasteiger partial charge on any atom is -0.493 e. The summed E-state index contributed by atoms with van der Waals surface area (Å²) < 4.78 is 45.3. The molecule has 0 aliphatic carbocycles. The van der Waals surface area contributed by atoms with Crippen LogP contribution in [0, 0.1) is 10.1 Å². The van der Waals surface area contributed by atoms with Crippen molar-refractivity contribution in [1.29, 1.82) is 0 Å². The van der Waals surface area contributed by atoms with Gasteiger partial charge < -0.3 is 18.9 Å². The summed E-state index contributed by atoms with van der Waals surface area (Å²) in [7, 11) is 4.57. The molecule has 0 bridgehead atoms. The van der Waals surface area contributed by atoms with Crippen LogP contribution in [0.1, 0.15) is 5.56 Å². The van der Waals surface area contributed by atoms with E-state index in [-0.39, 0.29) is 23.7 Å². The summed E-state index contributed by atoms with van der Waals surface area (Å²) in [5, 5.41) is 11.4. The number of alkyl halides is 2. The molecule has 0 atom stereocenters. The predicted molar refractivity (Wildman–Crippen MR) is 101 cm³/mol. The number of likely N-dealkylation sites (N-methyl/N-ethyl adjacent to an activating group) is 1. The van der Waals surface area contributed by atoms with Gasteiger partial charge in [0.05, 0.1) is 25.2 Å². The number of halogens is 2. The second kappa shape index (κ2) is 10.4. The summed E-state index contributed by atoms with van der Waals surface area (Å²) in [6, 6.07) is 9.47. The molecule has 2 aromatic carbocycles. The average Bonchev–Trinajstić information content (AvgIpc) is 2.68. The van der Waals surface area contributed by atoms with Gasteiger partial charge in [-0.25, -0.2) is 0 Å². The molecule has 0 aliphatic rings. The Bertz CT molecular complexity index is 834. The van der Waals surface area contributed by atoms with Crippen molar-refractivity contribution < 1.29 is 32.7 Å². The lowest BCUT2D eigenvalue weighted by Crippen LogP contribution is -2.24. The highest BCUT2D eigenvalue weighted by atomic mass is 19.3. The largest absolute Gasteiger partial charge is 0.493 e. The highest BCUT2D eigenvalue weighted by Gasteiger charge is 2.22.